The Morgan fingerprint density at radius 3 is 1.78 bits per heavy atom. The maximum Gasteiger partial charge on any atom is 0.203 e. The third-order valence-electron chi connectivity index (χ3n) is 3.93. The van der Waals surface area contributed by atoms with E-state index in [1.807, 2.05) is 49.4 Å². The minimum atomic E-state index is 0.537. The number of benzene rings is 2. The van der Waals surface area contributed by atoms with Crippen LogP contribution in [0.2, 0.25) is 0 Å². The molecule has 3 aromatic rings. The van der Waals surface area contributed by atoms with Crippen molar-refractivity contribution in [3.05, 3.63) is 54.4 Å². The van der Waals surface area contributed by atoms with Gasteiger partial charge >= 0.3 is 0 Å². The molecule has 1 aromatic heterocycles. The first kappa shape index (κ1) is 18.3. The van der Waals surface area contributed by atoms with Crippen molar-refractivity contribution in [3.8, 4) is 17.2 Å². The van der Waals surface area contributed by atoms with Crippen LogP contribution in [0.3, 0.4) is 0 Å². The van der Waals surface area contributed by atoms with Gasteiger partial charge in [-0.15, -0.1) is 0 Å². The van der Waals surface area contributed by atoms with Crippen LogP contribution in [0.4, 0.5) is 23.0 Å². The van der Waals surface area contributed by atoms with Gasteiger partial charge in [-0.25, -0.2) is 9.97 Å². The second kappa shape index (κ2) is 8.27. The molecule has 0 saturated heterocycles. The van der Waals surface area contributed by atoms with Gasteiger partial charge in [-0.1, -0.05) is 17.7 Å². The van der Waals surface area contributed by atoms with Gasteiger partial charge in [0.15, 0.2) is 11.5 Å². The first-order valence-electron chi connectivity index (χ1n) is 8.35. The highest BCUT2D eigenvalue weighted by molar-refractivity contribution is 5.68. The largest absolute Gasteiger partial charge is 0.493 e. The summed E-state index contributed by atoms with van der Waals surface area (Å²) in [7, 11) is 4.73. The molecule has 140 valence electrons. The van der Waals surface area contributed by atoms with Gasteiger partial charge in [-0.3, -0.25) is 0 Å². The summed E-state index contributed by atoms with van der Waals surface area (Å²) in [4.78, 5) is 8.53. The molecule has 0 amide bonds. The average molecular weight is 366 g/mol. The molecule has 0 saturated carbocycles. The van der Waals surface area contributed by atoms with Crippen LogP contribution in [0.1, 0.15) is 5.56 Å². The predicted octanol–water partition coefficient (Wildman–Crippen LogP) is 4.30. The van der Waals surface area contributed by atoms with Gasteiger partial charge in [-0.2, -0.15) is 0 Å². The van der Waals surface area contributed by atoms with Crippen molar-refractivity contribution in [1.29, 1.82) is 0 Å². The summed E-state index contributed by atoms with van der Waals surface area (Å²) in [5, 5.41) is 6.49. The zero-order valence-corrected chi connectivity index (χ0v) is 15.7. The molecular formula is C20H22N4O3. The van der Waals surface area contributed by atoms with Crippen LogP contribution >= 0.6 is 0 Å². The molecule has 2 aromatic carbocycles. The van der Waals surface area contributed by atoms with Crippen molar-refractivity contribution in [2.45, 2.75) is 6.92 Å². The third-order valence-corrected chi connectivity index (χ3v) is 3.93. The second-order valence-corrected chi connectivity index (χ2v) is 5.82. The van der Waals surface area contributed by atoms with Crippen LogP contribution in [-0.4, -0.2) is 31.3 Å². The molecule has 2 N–H and O–H groups in total. The molecule has 0 aliphatic rings. The van der Waals surface area contributed by atoms with E-state index < -0.39 is 0 Å². The van der Waals surface area contributed by atoms with Gasteiger partial charge < -0.3 is 24.8 Å². The highest BCUT2D eigenvalue weighted by Gasteiger charge is 2.13. The number of nitrogens with one attached hydrogen (secondary N) is 2. The molecule has 0 aliphatic carbocycles. The molecule has 0 fully saturated rings. The zero-order chi connectivity index (χ0) is 19.2. The quantitative estimate of drug-likeness (QED) is 0.645. The number of methoxy groups -OCH3 is 3. The van der Waals surface area contributed by atoms with Crippen LogP contribution in [-0.2, 0) is 0 Å². The lowest BCUT2D eigenvalue weighted by atomic mass is 10.2. The number of nitrogens with zero attached hydrogens (tertiary/aromatic N) is 2. The Morgan fingerprint density at radius 1 is 0.704 bits per heavy atom. The Bertz CT molecular complexity index is 888. The molecule has 0 atom stereocenters. The van der Waals surface area contributed by atoms with Crippen molar-refractivity contribution in [2.75, 3.05) is 32.0 Å². The zero-order valence-electron chi connectivity index (χ0n) is 15.7. The number of aromatic nitrogens is 2. The van der Waals surface area contributed by atoms with E-state index in [-0.39, 0.29) is 0 Å². The summed E-state index contributed by atoms with van der Waals surface area (Å²) < 4.78 is 16.1. The SMILES string of the molecule is COc1cc(Nc2cc(Nc3ccc(C)cc3)ncn2)cc(OC)c1OC. The number of rotatable bonds is 7. The Morgan fingerprint density at radius 2 is 1.26 bits per heavy atom. The molecule has 7 nitrogen and oxygen atoms in total. The fourth-order valence-corrected chi connectivity index (χ4v) is 2.58. The summed E-state index contributed by atoms with van der Waals surface area (Å²) in [5.41, 5.74) is 2.91. The highest BCUT2D eigenvalue weighted by atomic mass is 16.5. The van der Waals surface area contributed by atoms with Gasteiger partial charge in [-0.05, 0) is 19.1 Å². The molecule has 1 heterocycles. The van der Waals surface area contributed by atoms with Crippen LogP contribution in [0.25, 0.3) is 0 Å². The van der Waals surface area contributed by atoms with E-state index in [2.05, 4.69) is 20.6 Å². The molecule has 27 heavy (non-hydrogen) atoms. The minimum absolute atomic E-state index is 0.537. The predicted molar refractivity (Wildman–Crippen MR) is 106 cm³/mol. The Kier molecular flexibility index (Phi) is 5.61. The molecule has 0 unspecified atom stereocenters. The Balaban J connectivity index is 1.82. The molecule has 0 bridgehead atoms. The van der Waals surface area contributed by atoms with Crippen molar-refractivity contribution >= 4 is 23.0 Å². The van der Waals surface area contributed by atoms with Gasteiger partial charge in [0, 0.05) is 29.6 Å². The third kappa shape index (κ3) is 4.38. The molecule has 3 rings (SSSR count). The van der Waals surface area contributed by atoms with Gasteiger partial charge in [0.1, 0.15) is 18.0 Å². The second-order valence-electron chi connectivity index (χ2n) is 5.82. The van der Waals surface area contributed by atoms with Crippen LogP contribution in [0, 0.1) is 6.92 Å². The highest BCUT2D eigenvalue weighted by Crippen LogP contribution is 2.40. The number of anilines is 4. The molecule has 0 aliphatic heterocycles. The normalized spacial score (nSPS) is 10.2. The smallest absolute Gasteiger partial charge is 0.203 e. The van der Waals surface area contributed by atoms with Gasteiger partial charge in [0.2, 0.25) is 5.75 Å². The van der Waals surface area contributed by atoms with E-state index in [0.29, 0.717) is 28.9 Å². The number of aryl methyl sites for hydroxylation is 1. The first-order chi connectivity index (χ1) is 13.1. The summed E-state index contributed by atoms with van der Waals surface area (Å²) >= 11 is 0. The summed E-state index contributed by atoms with van der Waals surface area (Å²) in [6.45, 7) is 2.05. The number of hydrogen-bond acceptors (Lipinski definition) is 7. The maximum absolute atomic E-state index is 5.38. The lowest BCUT2D eigenvalue weighted by molar-refractivity contribution is 0.324. The Hall–Kier alpha value is -3.48. The van der Waals surface area contributed by atoms with E-state index in [0.717, 1.165) is 11.4 Å². The van der Waals surface area contributed by atoms with Crippen LogP contribution < -0.4 is 24.8 Å². The summed E-state index contributed by atoms with van der Waals surface area (Å²) in [5.74, 6) is 2.98. The van der Waals surface area contributed by atoms with E-state index in [4.69, 9.17) is 14.2 Å². The monoisotopic (exact) mass is 366 g/mol. The lowest BCUT2D eigenvalue weighted by Gasteiger charge is -2.15. The fourth-order valence-electron chi connectivity index (χ4n) is 2.58. The standard InChI is InChI=1S/C20H22N4O3/c1-13-5-7-14(8-6-13)23-18-11-19(22-12-21-18)24-15-9-16(25-2)20(27-4)17(10-15)26-3/h5-12H,1-4H3,(H2,21,22,23,24). The lowest BCUT2D eigenvalue weighted by Crippen LogP contribution is -2.00. The Labute approximate surface area is 158 Å². The van der Waals surface area contributed by atoms with Crippen molar-refractivity contribution in [3.63, 3.8) is 0 Å². The average Bonchev–Trinajstić information content (AvgIpc) is 2.69. The molecular weight excluding hydrogens is 344 g/mol. The topological polar surface area (TPSA) is 77.5 Å². The molecule has 0 spiro atoms. The van der Waals surface area contributed by atoms with Gasteiger partial charge in [0.25, 0.3) is 0 Å². The summed E-state index contributed by atoms with van der Waals surface area (Å²) in [6, 6.07) is 13.5. The molecule has 0 radical (unpaired) electrons. The first-order valence-corrected chi connectivity index (χ1v) is 8.35. The van der Waals surface area contributed by atoms with E-state index >= 15 is 0 Å². The van der Waals surface area contributed by atoms with Gasteiger partial charge in [0.05, 0.1) is 21.3 Å². The van der Waals surface area contributed by atoms with E-state index in [1.165, 1.54) is 11.9 Å². The van der Waals surface area contributed by atoms with E-state index in [1.54, 1.807) is 21.3 Å². The summed E-state index contributed by atoms with van der Waals surface area (Å²) in [6.07, 6.45) is 1.50. The number of hydrogen-bond donors (Lipinski definition) is 2. The maximum atomic E-state index is 5.38. The van der Waals surface area contributed by atoms with Crippen LogP contribution in [0.15, 0.2) is 48.8 Å². The van der Waals surface area contributed by atoms with Crippen molar-refractivity contribution in [2.24, 2.45) is 0 Å². The number of ether oxygens (including phenoxy) is 3. The van der Waals surface area contributed by atoms with E-state index in [9.17, 15) is 0 Å². The van der Waals surface area contributed by atoms with Crippen molar-refractivity contribution < 1.29 is 14.2 Å². The van der Waals surface area contributed by atoms with Crippen LogP contribution in [0.5, 0.6) is 17.2 Å². The molecule has 7 heteroatoms. The van der Waals surface area contributed by atoms with Crippen molar-refractivity contribution in [1.82, 2.24) is 9.97 Å². The minimum Gasteiger partial charge on any atom is -0.493 e. The fraction of sp³-hybridized carbons (Fsp3) is 0.200.